The molecule has 1 unspecified atom stereocenters. The van der Waals surface area contributed by atoms with Crippen molar-refractivity contribution in [3.05, 3.63) is 45.7 Å². The summed E-state index contributed by atoms with van der Waals surface area (Å²) in [5.41, 5.74) is 2.03. The molecule has 4 nitrogen and oxygen atoms in total. The van der Waals surface area contributed by atoms with Gasteiger partial charge in [0.25, 0.3) is 0 Å². The maximum atomic E-state index is 6.05. The fourth-order valence-electron chi connectivity index (χ4n) is 1.91. The van der Waals surface area contributed by atoms with Gasteiger partial charge in [0.15, 0.2) is 0 Å². The number of hydrogen-bond acceptors (Lipinski definition) is 3. The Morgan fingerprint density at radius 2 is 2.11 bits per heavy atom. The van der Waals surface area contributed by atoms with E-state index in [1.165, 1.54) is 0 Å². The Morgan fingerprint density at radius 1 is 1.33 bits per heavy atom. The van der Waals surface area contributed by atoms with Gasteiger partial charge in [-0.15, -0.1) is 5.10 Å². The van der Waals surface area contributed by atoms with E-state index in [-0.39, 0.29) is 6.04 Å². The third-order valence-corrected chi connectivity index (χ3v) is 3.55. The second-order valence-corrected chi connectivity index (χ2v) is 4.68. The summed E-state index contributed by atoms with van der Waals surface area (Å²) in [6.45, 7) is 2.80. The van der Waals surface area contributed by atoms with E-state index in [0.717, 1.165) is 17.8 Å². The van der Waals surface area contributed by atoms with Gasteiger partial charge in [-0.25, -0.2) is 4.68 Å². The lowest BCUT2D eigenvalue weighted by molar-refractivity contribution is 0.552. The Kier molecular flexibility index (Phi) is 4.22. The molecule has 0 saturated heterocycles. The number of aryl methyl sites for hydroxylation is 1. The molecular formula is C12H14Cl2N4. The molecule has 1 heterocycles. The fourth-order valence-corrected chi connectivity index (χ4v) is 2.22. The summed E-state index contributed by atoms with van der Waals surface area (Å²) in [4.78, 5) is 0. The first kappa shape index (κ1) is 13.3. The number of benzene rings is 1. The van der Waals surface area contributed by atoms with E-state index < -0.39 is 0 Å². The number of nitrogens with zero attached hydrogens (tertiary/aromatic N) is 3. The van der Waals surface area contributed by atoms with Crippen LogP contribution < -0.4 is 5.32 Å². The zero-order valence-corrected chi connectivity index (χ0v) is 11.7. The topological polar surface area (TPSA) is 42.7 Å². The van der Waals surface area contributed by atoms with Gasteiger partial charge < -0.3 is 5.32 Å². The highest BCUT2D eigenvalue weighted by molar-refractivity contribution is 6.42. The van der Waals surface area contributed by atoms with E-state index in [1.54, 1.807) is 12.3 Å². The van der Waals surface area contributed by atoms with Crippen molar-refractivity contribution in [2.45, 2.75) is 19.5 Å². The first-order chi connectivity index (χ1) is 8.67. The van der Waals surface area contributed by atoms with Crippen LogP contribution in [0.1, 0.15) is 24.2 Å². The average molecular weight is 285 g/mol. The average Bonchev–Trinajstić information content (AvgIpc) is 2.83. The van der Waals surface area contributed by atoms with Crippen LogP contribution in [0, 0.1) is 0 Å². The maximum absolute atomic E-state index is 6.05. The van der Waals surface area contributed by atoms with Crippen LogP contribution in [0.2, 0.25) is 10.0 Å². The van der Waals surface area contributed by atoms with Gasteiger partial charge in [0.2, 0.25) is 0 Å². The highest BCUT2D eigenvalue weighted by Crippen LogP contribution is 2.28. The van der Waals surface area contributed by atoms with Crippen LogP contribution >= 0.6 is 23.2 Å². The smallest absolute Gasteiger partial charge is 0.0801 e. The zero-order chi connectivity index (χ0) is 13.1. The van der Waals surface area contributed by atoms with Crippen LogP contribution in [0.5, 0.6) is 0 Å². The van der Waals surface area contributed by atoms with Crippen molar-refractivity contribution >= 4 is 23.2 Å². The molecule has 1 atom stereocenters. The summed E-state index contributed by atoms with van der Waals surface area (Å²) >= 11 is 12.0. The van der Waals surface area contributed by atoms with Crippen molar-refractivity contribution in [1.29, 1.82) is 0 Å². The second-order valence-electron chi connectivity index (χ2n) is 3.87. The van der Waals surface area contributed by atoms with Crippen molar-refractivity contribution in [3.63, 3.8) is 0 Å². The van der Waals surface area contributed by atoms with E-state index in [9.17, 15) is 0 Å². The van der Waals surface area contributed by atoms with E-state index in [4.69, 9.17) is 23.2 Å². The number of aromatic nitrogens is 3. The third-order valence-electron chi connectivity index (χ3n) is 2.81. The van der Waals surface area contributed by atoms with Crippen molar-refractivity contribution in [3.8, 4) is 0 Å². The van der Waals surface area contributed by atoms with Gasteiger partial charge in [-0.2, -0.15) is 0 Å². The van der Waals surface area contributed by atoms with Crippen LogP contribution in [0.3, 0.4) is 0 Å². The van der Waals surface area contributed by atoms with Crippen LogP contribution in [0.4, 0.5) is 0 Å². The summed E-state index contributed by atoms with van der Waals surface area (Å²) in [5.74, 6) is 0. The summed E-state index contributed by atoms with van der Waals surface area (Å²) in [7, 11) is 1.89. The van der Waals surface area contributed by atoms with Gasteiger partial charge >= 0.3 is 0 Å². The molecule has 0 fully saturated rings. The minimum Gasteiger partial charge on any atom is -0.308 e. The van der Waals surface area contributed by atoms with Crippen LogP contribution in [0.15, 0.2) is 24.4 Å². The van der Waals surface area contributed by atoms with Gasteiger partial charge in [0.05, 0.1) is 28.0 Å². The maximum Gasteiger partial charge on any atom is 0.0801 e. The molecule has 2 rings (SSSR count). The van der Waals surface area contributed by atoms with Gasteiger partial charge in [0.1, 0.15) is 0 Å². The monoisotopic (exact) mass is 284 g/mol. The predicted molar refractivity (Wildman–Crippen MR) is 73.1 cm³/mol. The predicted octanol–water partition coefficient (Wildman–Crippen LogP) is 2.91. The molecule has 0 aliphatic rings. The largest absolute Gasteiger partial charge is 0.308 e. The lowest BCUT2D eigenvalue weighted by Gasteiger charge is -2.17. The van der Waals surface area contributed by atoms with Gasteiger partial charge in [-0.3, -0.25) is 0 Å². The summed E-state index contributed by atoms with van der Waals surface area (Å²) < 4.78 is 1.85. The molecule has 0 bridgehead atoms. The lowest BCUT2D eigenvalue weighted by atomic mass is 10.0. The molecule has 2 aromatic rings. The molecule has 18 heavy (non-hydrogen) atoms. The molecule has 0 aliphatic heterocycles. The van der Waals surface area contributed by atoms with Crippen molar-refractivity contribution in [1.82, 2.24) is 20.3 Å². The molecule has 1 aromatic heterocycles. The quantitative estimate of drug-likeness (QED) is 0.939. The Morgan fingerprint density at radius 3 is 2.72 bits per heavy atom. The standard InChI is InChI=1S/C12H14Cl2N4/c1-3-18-11(7-16-17-18)12(15-2)8-4-5-9(13)10(14)6-8/h4-7,12,15H,3H2,1-2H3. The highest BCUT2D eigenvalue weighted by Gasteiger charge is 2.17. The van der Waals surface area contributed by atoms with Gasteiger partial charge in [-0.05, 0) is 31.7 Å². The first-order valence-corrected chi connectivity index (χ1v) is 6.43. The van der Waals surface area contributed by atoms with E-state index in [2.05, 4.69) is 15.6 Å². The summed E-state index contributed by atoms with van der Waals surface area (Å²) in [6.07, 6.45) is 1.76. The Hall–Kier alpha value is -1.10. The normalized spacial score (nSPS) is 12.7. The minimum atomic E-state index is -0.00489. The van der Waals surface area contributed by atoms with E-state index in [1.807, 2.05) is 30.8 Å². The molecule has 1 aromatic carbocycles. The zero-order valence-electron chi connectivity index (χ0n) is 10.2. The molecular weight excluding hydrogens is 271 g/mol. The molecule has 0 spiro atoms. The van der Waals surface area contributed by atoms with E-state index >= 15 is 0 Å². The number of hydrogen-bond donors (Lipinski definition) is 1. The molecule has 1 N–H and O–H groups in total. The Balaban J connectivity index is 2.42. The minimum absolute atomic E-state index is 0.00489. The molecule has 0 radical (unpaired) electrons. The summed E-state index contributed by atoms with van der Waals surface area (Å²) in [5, 5.41) is 12.3. The van der Waals surface area contributed by atoms with E-state index in [0.29, 0.717) is 10.0 Å². The Labute approximate surface area is 116 Å². The molecule has 0 aliphatic carbocycles. The van der Waals surface area contributed by atoms with Gasteiger partial charge in [0, 0.05) is 6.54 Å². The number of halogens is 2. The number of nitrogens with one attached hydrogen (secondary N) is 1. The van der Waals surface area contributed by atoms with Crippen molar-refractivity contribution in [2.24, 2.45) is 0 Å². The second kappa shape index (κ2) is 5.69. The highest BCUT2D eigenvalue weighted by atomic mass is 35.5. The third kappa shape index (κ3) is 2.51. The summed E-state index contributed by atoms with van der Waals surface area (Å²) in [6, 6.07) is 5.60. The fraction of sp³-hybridized carbons (Fsp3) is 0.333. The van der Waals surface area contributed by atoms with Gasteiger partial charge in [-0.1, -0.05) is 34.5 Å². The van der Waals surface area contributed by atoms with Crippen LogP contribution in [-0.2, 0) is 6.54 Å². The Bertz CT molecular complexity index is 539. The molecule has 6 heteroatoms. The van der Waals surface area contributed by atoms with Crippen molar-refractivity contribution in [2.75, 3.05) is 7.05 Å². The SMILES string of the molecule is CCn1nncc1C(NC)c1ccc(Cl)c(Cl)c1. The number of rotatable bonds is 4. The first-order valence-electron chi connectivity index (χ1n) is 5.68. The molecule has 0 saturated carbocycles. The molecule has 96 valence electrons. The van der Waals surface area contributed by atoms with Crippen molar-refractivity contribution < 1.29 is 0 Å². The van der Waals surface area contributed by atoms with Crippen LogP contribution in [-0.4, -0.2) is 22.0 Å². The lowest BCUT2D eigenvalue weighted by Crippen LogP contribution is -2.21. The van der Waals surface area contributed by atoms with Crippen LogP contribution in [0.25, 0.3) is 0 Å². The molecule has 0 amide bonds.